The van der Waals surface area contributed by atoms with E-state index < -0.39 is 51.3 Å². The van der Waals surface area contributed by atoms with Gasteiger partial charge in [0.15, 0.2) is 27.3 Å². The lowest BCUT2D eigenvalue weighted by atomic mass is 10.2. The molecule has 0 atom stereocenters. The van der Waals surface area contributed by atoms with Crippen LogP contribution in [-0.4, -0.2) is 39.6 Å². The molecule has 11 heteroatoms. The van der Waals surface area contributed by atoms with E-state index in [9.17, 15) is 31.2 Å². The molecule has 3 N–H and O–H groups in total. The largest absolute Gasteiger partial charge is 0.376 e. The van der Waals surface area contributed by atoms with Crippen LogP contribution in [0.3, 0.4) is 0 Å². The van der Waals surface area contributed by atoms with Gasteiger partial charge in [-0.05, 0) is 30.3 Å². The van der Waals surface area contributed by atoms with E-state index in [1.54, 1.807) is 6.07 Å². The summed E-state index contributed by atoms with van der Waals surface area (Å²) in [5.74, 6) is -6.12. The van der Waals surface area contributed by atoms with Crippen LogP contribution in [0, 0.1) is 17.5 Å². The Morgan fingerprint density at radius 1 is 0.964 bits per heavy atom. The number of amides is 2. The second-order valence-corrected chi connectivity index (χ2v) is 7.72. The molecular formula is C17H16F3N3O4S. The Morgan fingerprint density at radius 2 is 1.68 bits per heavy atom. The molecule has 0 unspecified atom stereocenters. The fourth-order valence-electron chi connectivity index (χ4n) is 2.08. The Bertz CT molecular complexity index is 1010. The minimum Gasteiger partial charge on any atom is -0.376 e. The highest BCUT2D eigenvalue weighted by atomic mass is 32.2. The van der Waals surface area contributed by atoms with Gasteiger partial charge in [0.05, 0.1) is 23.7 Å². The van der Waals surface area contributed by atoms with Gasteiger partial charge in [0.1, 0.15) is 0 Å². The number of halogens is 3. The van der Waals surface area contributed by atoms with Crippen molar-refractivity contribution in [2.24, 2.45) is 0 Å². The topological polar surface area (TPSA) is 104 Å². The zero-order valence-electron chi connectivity index (χ0n) is 14.6. The molecule has 0 aromatic heterocycles. The lowest BCUT2D eigenvalue weighted by molar-refractivity contribution is -0.122. The first kappa shape index (κ1) is 21.2. The van der Waals surface area contributed by atoms with Gasteiger partial charge in [-0.15, -0.1) is 0 Å². The van der Waals surface area contributed by atoms with Crippen LogP contribution in [0.5, 0.6) is 0 Å². The SMILES string of the molecule is CS(=O)(=O)c1cccc(NCC(=O)NCC(=O)Nc2ccc(F)c(F)c2F)c1. The molecule has 2 amide bonds. The number of benzene rings is 2. The summed E-state index contributed by atoms with van der Waals surface area (Å²) in [7, 11) is -3.40. The molecule has 2 aromatic rings. The summed E-state index contributed by atoms with van der Waals surface area (Å²) in [4.78, 5) is 23.5. The second-order valence-electron chi connectivity index (χ2n) is 5.70. The molecule has 0 bridgehead atoms. The van der Waals surface area contributed by atoms with E-state index in [4.69, 9.17) is 0 Å². The van der Waals surface area contributed by atoms with Gasteiger partial charge in [-0.25, -0.2) is 21.6 Å². The highest BCUT2D eigenvalue weighted by Crippen LogP contribution is 2.19. The normalized spacial score (nSPS) is 11.0. The van der Waals surface area contributed by atoms with Crippen molar-refractivity contribution in [3.05, 3.63) is 53.8 Å². The fourth-order valence-corrected chi connectivity index (χ4v) is 2.74. The average Bonchev–Trinajstić information content (AvgIpc) is 2.65. The summed E-state index contributed by atoms with van der Waals surface area (Å²) in [6.07, 6.45) is 1.05. The molecule has 28 heavy (non-hydrogen) atoms. The molecule has 2 rings (SSSR count). The third kappa shape index (κ3) is 5.71. The first-order valence-corrected chi connectivity index (χ1v) is 9.71. The van der Waals surface area contributed by atoms with Gasteiger partial charge >= 0.3 is 0 Å². The molecule has 0 aliphatic rings. The maximum absolute atomic E-state index is 13.5. The van der Waals surface area contributed by atoms with Crippen LogP contribution in [0.2, 0.25) is 0 Å². The molecule has 0 fully saturated rings. The van der Waals surface area contributed by atoms with Crippen molar-refractivity contribution < 1.29 is 31.2 Å². The van der Waals surface area contributed by atoms with Crippen molar-refractivity contribution in [2.75, 3.05) is 30.0 Å². The maximum Gasteiger partial charge on any atom is 0.243 e. The molecule has 0 heterocycles. The molecule has 150 valence electrons. The van der Waals surface area contributed by atoms with Crippen LogP contribution in [0.1, 0.15) is 0 Å². The summed E-state index contributed by atoms with van der Waals surface area (Å²) in [5, 5.41) is 6.94. The van der Waals surface area contributed by atoms with Crippen LogP contribution >= 0.6 is 0 Å². The summed E-state index contributed by atoms with van der Waals surface area (Å²) in [6, 6.07) is 7.31. The van der Waals surface area contributed by atoms with Gasteiger partial charge in [-0.2, -0.15) is 0 Å². The van der Waals surface area contributed by atoms with Crippen molar-refractivity contribution in [1.29, 1.82) is 0 Å². The van der Waals surface area contributed by atoms with E-state index in [0.717, 1.165) is 12.3 Å². The van der Waals surface area contributed by atoms with Crippen LogP contribution < -0.4 is 16.0 Å². The average molecular weight is 415 g/mol. The molecule has 2 aromatic carbocycles. The first-order chi connectivity index (χ1) is 13.1. The number of sulfone groups is 1. The van der Waals surface area contributed by atoms with E-state index in [1.807, 2.05) is 5.32 Å². The van der Waals surface area contributed by atoms with Gasteiger partial charge < -0.3 is 16.0 Å². The molecule has 0 radical (unpaired) electrons. The van der Waals surface area contributed by atoms with Crippen LogP contribution in [0.15, 0.2) is 41.3 Å². The fraction of sp³-hybridized carbons (Fsp3) is 0.176. The van der Waals surface area contributed by atoms with Gasteiger partial charge in [-0.3, -0.25) is 9.59 Å². The van der Waals surface area contributed by atoms with Gasteiger partial charge in [0.25, 0.3) is 0 Å². The Kier molecular flexibility index (Phi) is 6.62. The molecule has 0 saturated carbocycles. The number of hydrogen-bond donors (Lipinski definition) is 3. The molecule has 0 aliphatic carbocycles. The molecule has 0 spiro atoms. The van der Waals surface area contributed by atoms with E-state index in [0.29, 0.717) is 11.8 Å². The Hall–Kier alpha value is -3.08. The Morgan fingerprint density at radius 3 is 2.36 bits per heavy atom. The number of hydrogen-bond acceptors (Lipinski definition) is 5. The summed E-state index contributed by atoms with van der Waals surface area (Å²) in [5.41, 5.74) is -0.180. The van der Waals surface area contributed by atoms with Crippen LogP contribution in [-0.2, 0) is 19.4 Å². The highest BCUT2D eigenvalue weighted by Gasteiger charge is 2.15. The minimum absolute atomic E-state index is 0.0749. The zero-order valence-corrected chi connectivity index (χ0v) is 15.4. The summed E-state index contributed by atoms with van der Waals surface area (Å²) >= 11 is 0. The Labute approximate surface area is 158 Å². The third-order valence-corrected chi connectivity index (χ3v) is 4.58. The lowest BCUT2D eigenvalue weighted by Crippen LogP contribution is -2.36. The minimum atomic E-state index is -3.40. The second kappa shape index (κ2) is 8.74. The van der Waals surface area contributed by atoms with Crippen molar-refractivity contribution in [1.82, 2.24) is 5.32 Å². The van der Waals surface area contributed by atoms with E-state index in [1.165, 1.54) is 18.2 Å². The monoisotopic (exact) mass is 415 g/mol. The van der Waals surface area contributed by atoms with Gasteiger partial charge in [-0.1, -0.05) is 6.07 Å². The molecular weight excluding hydrogens is 399 g/mol. The van der Waals surface area contributed by atoms with E-state index in [2.05, 4.69) is 10.6 Å². The predicted octanol–water partition coefficient (Wildman–Crippen LogP) is 1.67. The number of anilines is 2. The highest BCUT2D eigenvalue weighted by molar-refractivity contribution is 7.90. The van der Waals surface area contributed by atoms with Gasteiger partial charge in [0.2, 0.25) is 11.8 Å². The number of carbonyl (C=O) groups is 2. The maximum atomic E-state index is 13.5. The van der Waals surface area contributed by atoms with Crippen molar-refractivity contribution in [3.8, 4) is 0 Å². The van der Waals surface area contributed by atoms with Crippen LogP contribution in [0.25, 0.3) is 0 Å². The molecule has 0 saturated heterocycles. The summed E-state index contributed by atoms with van der Waals surface area (Å²) < 4.78 is 62.4. The summed E-state index contributed by atoms with van der Waals surface area (Å²) in [6.45, 7) is -0.803. The van der Waals surface area contributed by atoms with Crippen LogP contribution in [0.4, 0.5) is 24.5 Å². The predicted molar refractivity (Wildman–Crippen MR) is 96.0 cm³/mol. The quantitative estimate of drug-likeness (QED) is 0.597. The Balaban J connectivity index is 1.84. The number of rotatable bonds is 7. The lowest BCUT2D eigenvalue weighted by Gasteiger charge is -2.10. The number of nitrogens with one attached hydrogen (secondary N) is 3. The molecule has 0 aliphatic heterocycles. The van der Waals surface area contributed by atoms with E-state index in [-0.39, 0.29) is 11.4 Å². The third-order valence-electron chi connectivity index (χ3n) is 3.47. The standard InChI is InChI=1S/C17H16F3N3O4S/c1-28(26,27)11-4-2-3-10(7-11)21-8-14(24)22-9-15(25)23-13-6-5-12(18)16(19)17(13)20/h2-7,21H,8-9H2,1H3,(H,22,24)(H,23,25). The zero-order chi connectivity index (χ0) is 20.9. The van der Waals surface area contributed by atoms with Crippen molar-refractivity contribution in [3.63, 3.8) is 0 Å². The molecule has 7 nitrogen and oxygen atoms in total. The number of carbonyl (C=O) groups excluding carboxylic acids is 2. The smallest absolute Gasteiger partial charge is 0.243 e. The van der Waals surface area contributed by atoms with Crippen molar-refractivity contribution in [2.45, 2.75) is 4.90 Å². The van der Waals surface area contributed by atoms with E-state index >= 15 is 0 Å². The first-order valence-electron chi connectivity index (χ1n) is 7.82. The van der Waals surface area contributed by atoms with Gasteiger partial charge in [0, 0.05) is 11.9 Å². The van der Waals surface area contributed by atoms with Crippen molar-refractivity contribution >= 4 is 33.0 Å².